The lowest BCUT2D eigenvalue weighted by Gasteiger charge is -2.05. The van der Waals surface area contributed by atoms with Crippen molar-refractivity contribution in [2.24, 2.45) is 0 Å². The van der Waals surface area contributed by atoms with Crippen molar-refractivity contribution in [1.29, 1.82) is 0 Å². The summed E-state index contributed by atoms with van der Waals surface area (Å²) < 4.78 is 5.05. The maximum absolute atomic E-state index is 11.9. The number of carbonyl (C=O) groups is 1. The van der Waals surface area contributed by atoms with Crippen LogP contribution in [0.1, 0.15) is 29.5 Å². The van der Waals surface area contributed by atoms with Crippen LogP contribution < -0.4 is 10.6 Å². The first kappa shape index (κ1) is 13.1. The minimum absolute atomic E-state index is 0.178. The molecular formula is C13H16N4O2. The fourth-order valence-corrected chi connectivity index (χ4v) is 1.47. The molecule has 6 heteroatoms. The lowest BCUT2D eigenvalue weighted by atomic mass is 10.3. The Morgan fingerprint density at radius 3 is 2.84 bits per heavy atom. The van der Waals surface area contributed by atoms with Gasteiger partial charge in [-0.3, -0.25) is 10.1 Å². The van der Waals surface area contributed by atoms with Gasteiger partial charge in [-0.1, -0.05) is 6.92 Å². The third-order valence-electron chi connectivity index (χ3n) is 2.41. The standard InChI is InChI=1S/C13H16N4O2/c1-3-6-14-10-4-5-11(15-7-10)12(18)17-13-16-9(2)8-19-13/h4-5,7-8,14H,3,6H2,1-2H3,(H,16,17,18). The first-order valence-corrected chi connectivity index (χ1v) is 6.12. The molecule has 2 N–H and O–H groups in total. The Bertz CT molecular complexity index is 548. The van der Waals surface area contributed by atoms with Crippen LogP contribution in [0.3, 0.4) is 0 Å². The summed E-state index contributed by atoms with van der Waals surface area (Å²) in [5.41, 5.74) is 1.92. The molecule has 0 bridgehead atoms. The van der Waals surface area contributed by atoms with Crippen LogP contribution >= 0.6 is 0 Å². The molecule has 0 radical (unpaired) electrons. The fraction of sp³-hybridized carbons (Fsp3) is 0.308. The number of nitrogens with zero attached hydrogens (tertiary/aromatic N) is 2. The van der Waals surface area contributed by atoms with Crippen LogP contribution in [0, 0.1) is 6.92 Å². The number of amides is 1. The summed E-state index contributed by atoms with van der Waals surface area (Å²) in [6.45, 7) is 4.75. The molecule has 1 amide bonds. The van der Waals surface area contributed by atoms with E-state index in [1.807, 2.05) is 6.07 Å². The van der Waals surface area contributed by atoms with Gasteiger partial charge in [0.25, 0.3) is 5.91 Å². The summed E-state index contributed by atoms with van der Waals surface area (Å²) in [6, 6.07) is 3.65. The molecule has 0 saturated carbocycles. The molecule has 2 aromatic heterocycles. The Morgan fingerprint density at radius 2 is 2.26 bits per heavy atom. The van der Waals surface area contributed by atoms with Crippen molar-refractivity contribution in [3.63, 3.8) is 0 Å². The lowest BCUT2D eigenvalue weighted by molar-refractivity contribution is 0.101. The average molecular weight is 260 g/mol. The highest BCUT2D eigenvalue weighted by molar-refractivity contribution is 6.01. The molecule has 0 aliphatic carbocycles. The van der Waals surface area contributed by atoms with Gasteiger partial charge in [0.1, 0.15) is 12.0 Å². The van der Waals surface area contributed by atoms with E-state index in [-0.39, 0.29) is 11.9 Å². The van der Waals surface area contributed by atoms with Gasteiger partial charge < -0.3 is 9.73 Å². The second-order valence-corrected chi connectivity index (χ2v) is 4.11. The first-order chi connectivity index (χ1) is 9.19. The average Bonchev–Trinajstić information content (AvgIpc) is 2.82. The van der Waals surface area contributed by atoms with E-state index < -0.39 is 0 Å². The molecular weight excluding hydrogens is 244 g/mol. The number of nitrogens with one attached hydrogen (secondary N) is 2. The van der Waals surface area contributed by atoms with E-state index in [0.717, 1.165) is 18.7 Å². The SMILES string of the molecule is CCCNc1ccc(C(=O)Nc2nc(C)co2)nc1. The van der Waals surface area contributed by atoms with Crippen LogP contribution in [0.4, 0.5) is 11.7 Å². The maximum atomic E-state index is 11.9. The van der Waals surface area contributed by atoms with E-state index in [4.69, 9.17) is 4.42 Å². The second-order valence-electron chi connectivity index (χ2n) is 4.11. The van der Waals surface area contributed by atoms with Crippen LogP contribution in [-0.2, 0) is 0 Å². The number of anilines is 2. The summed E-state index contributed by atoms with van der Waals surface area (Å²) in [5, 5.41) is 5.73. The molecule has 0 aromatic carbocycles. The Morgan fingerprint density at radius 1 is 1.42 bits per heavy atom. The number of hydrogen-bond donors (Lipinski definition) is 2. The molecule has 100 valence electrons. The quantitative estimate of drug-likeness (QED) is 0.863. The van der Waals surface area contributed by atoms with Crippen molar-refractivity contribution < 1.29 is 9.21 Å². The van der Waals surface area contributed by atoms with E-state index in [0.29, 0.717) is 11.4 Å². The minimum Gasteiger partial charge on any atom is -0.432 e. The second kappa shape index (κ2) is 5.99. The molecule has 19 heavy (non-hydrogen) atoms. The molecule has 0 spiro atoms. The van der Waals surface area contributed by atoms with Crippen LogP contribution in [0.15, 0.2) is 29.0 Å². The Labute approximate surface area is 111 Å². The lowest BCUT2D eigenvalue weighted by Crippen LogP contribution is -2.14. The maximum Gasteiger partial charge on any atom is 0.301 e. The van der Waals surface area contributed by atoms with Gasteiger partial charge in [0.05, 0.1) is 17.6 Å². The molecule has 2 heterocycles. The minimum atomic E-state index is -0.344. The van der Waals surface area contributed by atoms with Gasteiger partial charge >= 0.3 is 6.01 Å². The zero-order valence-electron chi connectivity index (χ0n) is 10.9. The largest absolute Gasteiger partial charge is 0.432 e. The van der Waals surface area contributed by atoms with Gasteiger partial charge in [-0.05, 0) is 25.5 Å². The zero-order chi connectivity index (χ0) is 13.7. The highest BCUT2D eigenvalue weighted by atomic mass is 16.4. The summed E-state index contributed by atoms with van der Waals surface area (Å²) in [4.78, 5) is 19.9. The number of hydrogen-bond acceptors (Lipinski definition) is 5. The molecule has 0 unspecified atom stereocenters. The number of carbonyl (C=O) groups excluding carboxylic acids is 1. The smallest absolute Gasteiger partial charge is 0.301 e. The summed E-state index contributed by atoms with van der Waals surface area (Å²) in [6.07, 6.45) is 4.14. The van der Waals surface area contributed by atoms with E-state index >= 15 is 0 Å². The van der Waals surface area contributed by atoms with Crippen molar-refractivity contribution in [3.8, 4) is 0 Å². The topological polar surface area (TPSA) is 80.0 Å². The Kier molecular flexibility index (Phi) is 4.12. The number of oxazole rings is 1. The van der Waals surface area contributed by atoms with Crippen molar-refractivity contribution in [2.75, 3.05) is 17.2 Å². The predicted octanol–water partition coefficient (Wildman–Crippen LogP) is 2.45. The Hall–Kier alpha value is -2.37. The molecule has 2 aromatic rings. The van der Waals surface area contributed by atoms with Crippen LogP contribution in [-0.4, -0.2) is 22.4 Å². The monoisotopic (exact) mass is 260 g/mol. The molecule has 0 atom stereocenters. The Balaban J connectivity index is 1.99. The number of pyridine rings is 1. The van der Waals surface area contributed by atoms with Gasteiger partial charge in [0.2, 0.25) is 0 Å². The van der Waals surface area contributed by atoms with Gasteiger partial charge in [-0.15, -0.1) is 0 Å². The fourth-order valence-electron chi connectivity index (χ4n) is 1.47. The third kappa shape index (κ3) is 3.54. The molecule has 0 saturated heterocycles. The van der Waals surface area contributed by atoms with Gasteiger partial charge in [0.15, 0.2) is 0 Å². The summed E-state index contributed by atoms with van der Waals surface area (Å²) >= 11 is 0. The van der Waals surface area contributed by atoms with E-state index in [1.54, 1.807) is 19.2 Å². The predicted molar refractivity (Wildman–Crippen MR) is 72.2 cm³/mol. The molecule has 0 aliphatic rings. The van der Waals surface area contributed by atoms with Crippen molar-refractivity contribution in [1.82, 2.24) is 9.97 Å². The number of aromatic nitrogens is 2. The summed E-state index contributed by atoms with van der Waals surface area (Å²) in [5.74, 6) is -0.344. The first-order valence-electron chi connectivity index (χ1n) is 6.12. The zero-order valence-corrected chi connectivity index (χ0v) is 10.9. The molecule has 2 rings (SSSR count). The van der Waals surface area contributed by atoms with Crippen LogP contribution in [0.25, 0.3) is 0 Å². The van der Waals surface area contributed by atoms with Crippen LogP contribution in [0.2, 0.25) is 0 Å². The van der Waals surface area contributed by atoms with E-state index in [9.17, 15) is 4.79 Å². The van der Waals surface area contributed by atoms with Crippen LogP contribution in [0.5, 0.6) is 0 Å². The molecule has 0 aliphatic heterocycles. The molecule has 6 nitrogen and oxygen atoms in total. The number of aryl methyl sites for hydroxylation is 1. The summed E-state index contributed by atoms with van der Waals surface area (Å²) in [7, 11) is 0. The van der Waals surface area contributed by atoms with Gasteiger partial charge in [-0.25, -0.2) is 4.98 Å². The van der Waals surface area contributed by atoms with E-state index in [1.165, 1.54) is 6.26 Å². The third-order valence-corrected chi connectivity index (χ3v) is 2.41. The van der Waals surface area contributed by atoms with Gasteiger partial charge in [0, 0.05) is 6.54 Å². The normalized spacial score (nSPS) is 10.2. The van der Waals surface area contributed by atoms with Crippen molar-refractivity contribution in [3.05, 3.63) is 36.0 Å². The van der Waals surface area contributed by atoms with Crippen molar-refractivity contribution >= 4 is 17.6 Å². The van der Waals surface area contributed by atoms with Crippen molar-refractivity contribution in [2.45, 2.75) is 20.3 Å². The van der Waals surface area contributed by atoms with Gasteiger partial charge in [-0.2, -0.15) is 4.98 Å². The number of rotatable bonds is 5. The highest BCUT2D eigenvalue weighted by Gasteiger charge is 2.10. The highest BCUT2D eigenvalue weighted by Crippen LogP contribution is 2.10. The van der Waals surface area contributed by atoms with E-state index in [2.05, 4.69) is 27.5 Å². The molecule has 0 fully saturated rings.